The normalized spacial score (nSPS) is 12.0. The van der Waals surface area contributed by atoms with Gasteiger partial charge in [0.25, 0.3) is 0 Å². The molecule has 2 heterocycles. The van der Waals surface area contributed by atoms with Gasteiger partial charge < -0.3 is 19.9 Å². The van der Waals surface area contributed by atoms with E-state index in [0.717, 1.165) is 45.9 Å². The van der Waals surface area contributed by atoms with Crippen molar-refractivity contribution in [3.05, 3.63) is 47.8 Å². The summed E-state index contributed by atoms with van der Waals surface area (Å²) >= 11 is 0. The molecule has 0 aliphatic carbocycles. The molecule has 3 rings (SSSR count). The van der Waals surface area contributed by atoms with Gasteiger partial charge in [0.15, 0.2) is 5.65 Å². The van der Waals surface area contributed by atoms with E-state index in [9.17, 15) is 5.11 Å². The van der Waals surface area contributed by atoms with Crippen LogP contribution in [0.4, 0.5) is 11.4 Å². The third kappa shape index (κ3) is 4.17. The van der Waals surface area contributed by atoms with Gasteiger partial charge in [-0.2, -0.15) is 0 Å². The van der Waals surface area contributed by atoms with Crippen LogP contribution in [0, 0.1) is 6.92 Å². The maximum atomic E-state index is 10.7. The average molecular weight is 381 g/mol. The zero-order chi connectivity index (χ0) is 20.1. The molecule has 0 aliphatic heterocycles. The van der Waals surface area contributed by atoms with Gasteiger partial charge in [-0.25, -0.2) is 9.97 Å². The number of aliphatic hydroxyl groups is 1. The number of nitrogens with zero attached hydrogens (tertiary/aromatic N) is 2. The number of rotatable bonds is 8. The molecule has 2 aromatic heterocycles. The second kappa shape index (κ2) is 8.89. The van der Waals surface area contributed by atoms with Crippen LogP contribution in [0.3, 0.4) is 0 Å². The summed E-state index contributed by atoms with van der Waals surface area (Å²) in [5.74, 6) is 1.50. The Morgan fingerprint density at radius 2 is 1.93 bits per heavy atom. The minimum atomic E-state index is -0.612. The van der Waals surface area contributed by atoms with Gasteiger partial charge in [0.1, 0.15) is 11.5 Å². The number of ether oxygens (including phenoxy) is 2. The smallest absolute Gasteiger partial charge is 0.161 e. The molecule has 0 spiro atoms. The number of nitrogens with one attached hydrogen (secondary N) is 1. The van der Waals surface area contributed by atoms with Crippen molar-refractivity contribution in [1.29, 1.82) is 0 Å². The Kier molecular flexibility index (Phi) is 6.31. The maximum Gasteiger partial charge on any atom is 0.161 e. The number of benzene rings is 1. The van der Waals surface area contributed by atoms with Crippen LogP contribution in [0.15, 0.2) is 36.5 Å². The summed E-state index contributed by atoms with van der Waals surface area (Å²) in [6, 6.07) is 9.60. The topological polar surface area (TPSA) is 76.5 Å². The van der Waals surface area contributed by atoms with Crippen molar-refractivity contribution in [2.45, 2.75) is 39.7 Å². The van der Waals surface area contributed by atoms with Crippen molar-refractivity contribution < 1.29 is 14.6 Å². The number of hydrogen-bond donors (Lipinski definition) is 2. The van der Waals surface area contributed by atoms with Crippen molar-refractivity contribution in [2.75, 3.05) is 19.0 Å². The van der Waals surface area contributed by atoms with Crippen molar-refractivity contribution in [1.82, 2.24) is 9.97 Å². The Morgan fingerprint density at radius 3 is 2.57 bits per heavy atom. The Labute approximate surface area is 165 Å². The number of anilines is 2. The number of aryl methyl sites for hydroxylation is 1. The molecule has 28 heavy (non-hydrogen) atoms. The van der Waals surface area contributed by atoms with Gasteiger partial charge >= 0.3 is 0 Å². The van der Waals surface area contributed by atoms with Gasteiger partial charge in [0.05, 0.1) is 31.2 Å². The van der Waals surface area contributed by atoms with E-state index in [4.69, 9.17) is 9.47 Å². The Balaban J connectivity index is 2.14. The Morgan fingerprint density at radius 1 is 1.18 bits per heavy atom. The lowest BCUT2D eigenvalue weighted by atomic mass is 10.0. The summed E-state index contributed by atoms with van der Waals surface area (Å²) in [4.78, 5) is 9.08. The first-order valence-electron chi connectivity index (χ1n) is 9.59. The van der Waals surface area contributed by atoms with Gasteiger partial charge in [-0.1, -0.05) is 13.3 Å². The molecule has 0 saturated heterocycles. The van der Waals surface area contributed by atoms with Gasteiger partial charge in [-0.15, -0.1) is 0 Å². The first kappa shape index (κ1) is 19.9. The molecule has 6 nitrogen and oxygen atoms in total. The molecule has 0 radical (unpaired) electrons. The predicted molar refractivity (Wildman–Crippen MR) is 112 cm³/mol. The van der Waals surface area contributed by atoms with E-state index < -0.39 is 6.10 Å². The highest BCUT2D eigenvalue weighted by molar-refractivity contribution is 5.94. The van der Waals surface area contributed by atoms with Crippen LogP contribution in [0.5, 0.6) is 11.5 Å². The molecule has 0 amide bonds. The second-order valence-corrected chi connectivity index (χ2v) is 6.62. The lowest BCUT2D eigenvalue weighted by molar-refractivity contribution is 0.167. The molecule has 0 saturated carbocycles. The van der Waals surface area contributed by atoms with Crippen LogP contribution in [0.25, 0.3) is 11.0 Å². The molecule has 1 atom stereocenters. The minimum Gasteiger partial charge on any atom is -0.497 e. The lowest BCUT2D eigenvalue weighted by Crippen LogP contribution is -2.06. The fraction of sp³-hybridized carbons (Fsp3) is 0.364. The van der Waals surface area contributed by atoms with Crippen LogP contribution in [0.1, 0.15) is 44.1 Å². The molecule has 2 N–H and O–H groups in total. The first-order valence-corrected chi connectivity index (χ1v) is 9.59. The van der Waals surface area contributed by atoms with E-state index in [1.165, 1.54) is 0 Å². The van der Waals surface area contributed by atoms with Gasteiger partial charge in [0.2, 0.25) is 0 Å². The predicted octanol–water partition coefficient (Wildman–Crippen LogP) is 4.92. The zero-order valence-electron chi connectivity index (χ0n) is 16.8. The molecule has 3 aromatic rings. The quantitative estimate of drug-likeness (QED) is 0.577. The van der Waals surface area contributed by atoms with Gasteiger partial charge in [0, 0.05) is 22.8 Å². The van der Waals surface area contributed by atoms with Crippen molar-refractivity contribution in [3.8, 4) is 11.5 Å². The monoisotopic (exact) mass is 381 g/mol. The number of aromatic nitrogens is 2. The van der Waals surface area contributed by atoms with E-state index in [1.54, 1.807) is 13.3 Å². The summed E-state index contributed by atoms with van der Waals surface area (Å²) in [6.45, 7) is 6.45. The highest BCUT2D eigenvalue weighted by atomic mass is 16.5. The fourth-order valence-corrected chi connectivity index (χ4v) is 3.15. The molecule has 0 fully saturated rings. The molecule has 148 valence electrons. The number of hydrogen-bond acceptors (Lipinski definition) is 6. The number of aliphatic hydroxyl groups excluding tert-OH is 1. The molecular weight excluding hydrogens is 354 g/mol. The summed E-state index contributed by atoms with van der Waals surface area (Å²) in [7, 11) is 1.64. The average Bonchev–Trinajstić information content (AvgIpc) is 2.70. The summed E-state index contributed by atoms with van der Waals surface area (Å²) < 4.78 is 11.0. The maximum absolute atomic E-state index is 10.7. The van der Waals surface area contributed by atoms with Crippen LogP contribution < -0.4 is 14.8 Å². The standard InChI is InChI=1S/C22H27N3O3/c1-5-7-19(26)18-13-23-22-17(12-20(28-6-2)14(3)24-22)21(18)25-15-8-10-16(27-4)11-9-15/h8-13,19,26H,5-7H2,1-4H3,(H,23,24,25). The number of fused-ring (bicyclic) bond motifs is 1. The van der Waals surface area contributed by atoms with Gasteiger partial charge in [-0.3, -0.25) is 0 Å². The van der Waals surface area contributed by atoms with E-state index >= 15 is 0 Å². The summed E-state index contributed by atoms with van der Waals surface area (Å²) in [5, 5.41) is 15.0. The van der Waals surface area contributed by atoms with Crippen LogP contribution in [-0.4, -0.2) is 28.8 Å². The third-order valence-corrected chi connectivity index (χ3v) is 4.61. The Bertz CT molecular complexity index is 942. The first-order chi connectivity index (χ1) is 13.6. The minimum absolute atomic E-state index is 0.556. The van der Waals surface area contributed by atoms with Crippen molar-refractivity contribution in [3.63, 3.8) is 0 Å². The largest absolute Gasteiger partial charge is 0.497 e. The fourth-order valence-electron chi connectivity index (χ4n) is 3.15. The van der Waals surface area contributed by atoms with Crippen molar-refractivity contribution >= 4 is 22.4 Å². The number of pyridine rings is 2. The lowest BCUT2D eigenvalue weighted by Gasteiger charge is -2.19. The molecule has 0 aliphatic rings. The van der Waals surface area contributed by atoms with Gasteiger partial charge in [-0.05, 0) is 50.6 Å². The highest BCUT2D eigenvalue weighted by Gasteiger charge is 2.18. The molecule has 6 heteroatoms. The van der Waals surface area contributed by atoms with Crippen LogP contribution in [-0.2, 0) is 0 Å². The summed E-state index contributed by atoms with van der Waals surface area (Å²) in [6.07, 6.45) is 2.63. The second-order valence-electron chi connectivity index (χ2n) is 6.62. The Hall–Kier alpha value is -2.86. The van der Waals surface area contributed by atoms with E-state index in [-0.39, 0.29) is 0 Å². The molecule has 1 unspecified atom stereocenters. The van der Waals surface area contributed by atoms with E-state index in [0.29, 0.717) is 18.7 Å². The SMILES string of the molecule is CCCC(O)c1cnc2nc(C)c(OCC)cc2c1Nc1ccc(OC)cc1. The zero-order valence-corrected chi connectivity index (χ0v) is 16.8. The third-order valence-electron chi connectivity index (χ3n) is 4.61. The number of methoxy groups -OCH3 is 1. The van der Waals surface area contributed by atoms with Crippen LogP contribution >= 0.6 is 0 Å². The highest BCUT2D eigenvalue weighted by Crippen LogP contribution is 2.36. The molecular formula is C22H27N3O3. The molecule has 0 bridgehead atoms. The van der Waals surface area contributed by atoms with Crippen molar-refractivity contribution in [2.24, 2.45) is 0 Å². The van der Waals surface area contributed by atoms with Crippen LogP contribution in [0.2, 0.25) is 0 Å². The summed E-state index contributed by atoms with van der Waals surface area (Å²) in [5.41, 5.74) is 3.84. The van der Waals surface area contributed by atoms with E-state index in [1.807, 2.05) is 51.1 Å². The van der Waals surface area contributed by atoms with E-state index in [2.05, 4.69) is 15.3 Å². The molecule has 1 aromatic carbocycles.